The smallest absolute Gasteiger partial charge is 0.335 e. The van der Waals surface area contributed by atoms with Crippen LogP contribution in [0.4, 0.5) is 17.6 Å². The monoisotopic (exact) mass is 377 g/mol. The Labute approximate surface area is 152 Å². The molecule has 1 unspecified atom stereocenters. The van der Waals surface area contributed by atoms with E-state index < -0.39 is 23.9 Å². The van der Waals surface area contributed by atoms with Crippen molar-refractivity contribution in [2.75, 3.05) is 0 Å². The molecule has 0 saturated heterocycles. The topological polar surface area (TPSA) is 46.9 Å². The summed E-state index contributed by atoms with van der Waals surface area (Å²) < 4.78 is 54.7. The average Bonchev–Trinajstić information content (AvgIpc) is 3.02. The molecule has 3 aromatic rings. The third-order valence-electron chi connectivity index (χ3n) is 3.93. The van der Waals surface area contributed by atoms with Crippen LogP contribution in [-0.4, -0.2) is 21.9 Å². The van der Waals surface area contributed by atoms with E-state index in [1.165, 1.54) is 10.7 Å². The van der Waals surface area contributed by atoms with Crippen molar-refractivity contribution in [1.82, 2.24) is 15.1 Å². The number of halogens is 4. The van der Waals surface area contributed by atoms with Gasteiger partial charge in [-0.1, -0.05) is 30.3 Å². The summed E-state index contributed by atoms with van der Waals surface area (Å²) in [5, 5.41) is 6.04. The van der Waals surface area contributed by atoms with E-state index in [2.05, 4.69) is 5.10 Å². The standard InChI is InChI=1S/C19H15F4N3O/c1-12-11-16(25-26(12)15-5-3-2-4-6-15)18(27)24-17(19(21,22)23)13-7-9-14(20)10-8-13/h2-11,17H,1H3,(H,24,27). The second kappa shape index (κ2) is 7.22. The van der Waals surface area contributed by atoms with E-state index in [4.69, 9.17) is 0 Å². The Bertz CT molecular complexity index is 934. The molecule has 3 rings (SSSR count). The van der Waals surface area contributed by atoms with Gasteiger partial charge in [0.25, 0.3) is 5.91 Å². The van der Waals surface area contributed by atoms with Crippen LogP contribution in [0.15, 0.2) is 60.7 Å². The Balaban J connectivity index is 1.87. The molecule has 0 aliphatic rings. The predicted molar refractivity (Wildman–Crippen MR) is 91.0 cm³/mol. The molecule has 1 aromatic heterocycles. The minimum Gasteiger partial charge on any atom is -0.335 e. The molecule has 4 nitrogen and oxygen atoms in total. The van der Waals surface area contributed by atoms with E-state index in [0.717, 1.165) is 24.3 Å². The molecule has 2 aromatic carbocycles. The molecule has 0 saturated carbocycles. The number of benzene rings is 2. The zero-order valence-electron chi connectivity index (χ0n) is 14.2. The Morgan fingerprint density at radius 3 is 2.30 bits per heavy atom. The van der Waals surface area contributed by atoms with Crippen LogP contribution in [0.2, 0.25) is 0 Å². The highest BCUT2D eigenvalue weighted by Crippen LogP contribution is 2.33. The van der Waals surface area contributed by atoms with Crippen LogP contribution in [-0.2, 0) is 0 Å². The summed E-state index contributed by atoms with van der Waals surface area (Å²) in [5.74, 6) is -1.64. The summed E-state index contributed by atoms with van der Waals surface area (Å²) in [5.41, 5.74) is 0.862. The number of amides is 1. The molecule has 0 aliphatic carbocycles. The number of nitrogens with one attached hydrogen (secondary N) is 1. The van der Waals surface area contributed by atoms with Gasteiger partial charge >= 0.3 is 6.18 Å². The van der Waals surface area contributed by atoms with Gasteiger partial charge < -0.3 is 5.32 Å². The molecule has 0 bridgehead atoms. The van der Waals surface area contributed by atoms with Crippen LogP contribution >= 0.6 is 0 Å². The second-order valence-corrected chi connectivity index (χ2v) is 5.92. The molecule has 1 N–H and O–H groups in total. The summed E-state index contributed by atoms with van der Waals surface area (Å²) in [6.07, 6.45) is -4.75. The van der Waals surface area contributed by atoms with Gasteiger partial charge in [0.15, 0.2) is 11.7 Å². The molecule has 1 heterocycles. The molecular weight excluding hydrogens is 362 g/mol. The highest BCUT2D eigenvalue weighted by Gasteiger charge is 2.42. The second-order valence-electron chi connectivity index (χ2n) is 5.92. The number of aryl methyl sites for hydroxylation is 1. The van der Waals surface area contributed by atoms with E-state index >= 15 is 0 Å². The molecule has 27 heavy (non-hydrogen) atoms. The van der Waals surface area contributed by atoms with E-state index in [1.54, 1.807) is 31.2 Å². The lowest BCUT2D eigenvalue weighted by Crippen LogP contribution is -2.38. The third kappa shape index (κ3) is 4.16. The van der Waals surface area contributed by atoms with E-state index in [9.17, 15) is 22.4 Å². The SMILES string of the molecule is Cc1cc(C(=O)NC(c2ccc(F)cc2)C(F)(F)F)nn1-c1ccccc1. The van der Waals surface area contributed by atoms with Crippen LogP contribution in [0.3, 0.4) is 0 Å². The number of rotatable bonds is 4. The maximum Gasteiger partial charge on any atom is 0.412 e. The van der Waals surface area contributed by atoms with Gasteiger partial charge in [-0.15, -0.1) is 0 Å². The lowest BCUT2D eigenvalue weighted by atomic mass is 10.1. The lowest BCUT2D eigenvalue weighted by Gasteiger charge is -2.21. The fourth-order valence-electron chi connectivity index (χ4n) is 2.63. The number of aromatic nitrogens is 2. The molecule has 0 spiro atoms. The van der Waals surface area contributed by atoms with Crippen LogP contribution in [0.1, 0.15) is 27.8 Å². The minimum atomic E-state index is -4.75. The number of alkyl halides is 3. The van der Waals surface area contributed by atoms with Gasteiger partial charge in [0.1, 0.15) is 5.82 Å². The Hall–Kier alpha value is -3.16. The lowest BCUT2D eigenvalue weighted by molar-refractivity contribution is -0.155. The zero-order valence-corrected chi connectivity index (χ0v) is 14.2. The maximum absolute atomic E-state index is 13.4. The number of para-hydroxylation sites is 1. The first kappa shape index (κ1) is 18.6. The molecule has 0 radical (unpaired) electrons. The van der Waals surface area contributed by atoms with Crippen molar-refractivity contribution >= 4 is 5.91 Å². The average molecular weight is 377 g/mol. The first-order valence-corrected chi connectivity index (χ1v) is 8.01. The number of nitrogens with zero attached hydrogens (tertiary/aromatic N) is 2. The van der Waals surface area contributed by atoms with Gasteiger partial charge in [-0.05, 0) is 42.8 Å². The molecule has 1 amide bonds. The molecule has 0 fully saturated rings. The van der Waals surface area contributed by atoms with Crippen LogP contribution in [0, 0.1) is 12.7 Å². The summed E-state index contributed by atoms with van der Waals surface area (Å²) in [6.45, 7) is 1.69. The van der Waals surface area contributed by atoms with E-state index in [0.29, 0.717) is 11.4 Å². The van der Waals surface area contributed by atoms with Gasteiger partial charge in [-0.2, -0.15) is 18.3 Å². The van der Waals surface area contributed by atoms with Crippen molar-refractivity contribution in [2.45, 2.75) is 19.1 Å². The van der Waals surface area contributed by atoms with Crippen molar-refractivity contribution in [3.05, 3.63) is 83.4 Å². The van der Waals surface area contributed by atoms with Crippen LogP contribution in [0.5, 0.6) is 0 Å². The van der Waals surface area contributed by atoms with Gasteiger partial charge in [0.2, 0.25) is 0 Å². The van der Waals surface area contributed by atoms with Crippen LogP contribution < -0.4 is 5.32 Å². The summed E-state index contributed by atoms with van der Waals surface area (Å²) >= 11 is 0. The first-order chi connectivity index (χ1) is 12.8. The molecule has 8 heteroatoms. The van der Waals surface area contributed by atoms with Crippen molar-refractivity contribution in [1.29, 1.82) is 0 Å². The van der Waals surface area contributed by atoms with Gasteiger partial charge in [0.05, 0.1) is 5.69 Å². The number of carbonyl (C=O) groups is 1. The summed E-state index contributed by atoms with van der Waals surface area (Å²) in [7, 11) is 0. The van der Waals surface area contributed by atoms with Crippen molar-refractivity contribution in [3.8, 4) is 5.69 Å². The molecular formula is C19H15F4N3O. The van der Waals surface area contributed by atoms with E-state index in [-0.39, 0.29) is 11.3 Å². The highest BCUT2D eigenvalue weighted by molar-refractivity contribution is 5.92. The van der Waals surface area contributed by atoms with Gasteiger partial charge in [0, 0.05) is 5.69 Å². The number of carbonyl (C=O) groups excluding carboxylic acids is 1. The van der Waals surface area contributed by atoms with Crippen molar-refractivity contribution in [3.63, 3.8) is 0 Å². The summed E-state index contributed by atoms with van der Waals surface area (Å²) in [4.78, 5) is 12.4. The Kier molecular flexibility index (Phi) is 4.98. The van der Waals surface area contributed by atoms with Crippen LogP contribution in [0.25, 0.3) is 5.69 Å². The Morgan fingerprint density at radius 1 is 1.07 bits per heavy atom. The van der Waals surface area contributed by atoms with Crippen molar-refractivity contribution < 1.29 is 22.4 Å². The Morgan fingerprint density at radius 2 is 1.70 bits per heavy atom. The quantitative estimate of drug-likeness (QED) is 0.687. The molecule has 140 valence electrons. The fourth-order valence-corrected chi connectivity index (χ4v) is 2.63. The zero-order chi connectivity index (χ0) is 19.6. The first-order valence-electron chi connectivity index (χ1n) is 8.01. The van der Waals surface area contributed by atoms with Crippen molar-refractivity contribution in [2.24, 2.45) is 0 Å². The number of hydrogen-bond donors (Lipinski definition) is 1. The fraction of sp³-hybridized carbons (Fsp3) is 0.158. The molecule has 1 atom stereocenters. The van der Waals surface area contributed by atoms with E-state index in [1.807, 2.05) is 11.4 Å². The minimum absolute atomic E-state index is 0.146. The largest absolute Gasteiger partial charge is 0.412 e. The highest BCUT2D eigenvalue weighted by atomic mass is 19.4. The molecule has 0 aliphatic heterocycles. The maximum atomic E-state index is 13.4. The third-order valence-corrected chi connectivity index (χ3v) is 3.93. The summed E-state index contributed by atoms with van der Waals surface area (Å²) in [6, 6.07) is 11.8. The van der Waals surface area contributed by atoms with Gasteiger partial charge in [-0.3, -0.25) is 4.79 Å². The number of hydrogen-bond acceptors (Lipinski definition) is 2. The van der Waals surface area contributed by atoms with Gasteiger partial charge in [-0.25, -0.2) is 9.07 Å². The predicted octanol–water partition coefficient (Wildman–Crippen LogP) is 4.35. The normalized spacial score (nSPS) is 12.6.